The Labute approximate surface area is 169 Å². The van der Waals surface area contributed by atoms with Crippen LogP contribution in [0, 0.1) is 0 Å². The first-order chi connectivity index (χ1) is 13.1. The van der Waals surface area contributed by atoms with Crippen LogP contribution in [0.3, 0.4) is 0 Å². The van der Waals surface area contributed by atoms with Crippen molar-refractivity contribution in [2.24, 2.45) is 0 Å². The molecule has 1 unspecified atom stereocenters. The van der Waals surface area contributed by atoms with Gasteiger partial charge in [-0.2, -0.15) is 0 Å². The molecule has 2 N–H and O–H groups in total. The van der Waals surface area contributed by atoms with Crippen LogP contribution in [-0.2, 0) is 17.8 Å². The molecule has 0 spiro atoms. The Morgan fingerprint density at radius 1 is 1.07 bits per heavy atom. The van der Waals surface area contributed by atoms with Gasteiger partial charge in [0.05, 0.1) is 22.8 Å². The normalized spacial score (nSPS) is 17.5. The van der Waals surface area contributed by atoms with Crippen LogP contribution in [0.25, 0.3) is 0 Å². The van der Waals surface area contributed by atoms with Crippen molar-refractivity contribution in [1.82, 2.24) is 15.5 Å². The number of halogens is 2. The van der Waals surface area contributed by atoms with Gasteiger partial charge in [0.2, 0.25) is 0 Å². The number of hydrogen-bond acceptors (Lipinski definition) is 3. The van der Waals surface area contributed by atoms with E-state index in [1.54, 1.807) is 0 Å². The fourth-order valence-corrected chi connectivity index (χ4v) is 3.31. The molecule has 144 valence electrons. The van der Waals surface area contributed by atoms with E-state index in [1.165, 1.54) is 0 Å². The molecule has 5 nitrogen and oxygen atoms in total. The minimum atomic E-state index is -0.191. The third-order valence-corrected chi connectivity index (χ3v) is 5.14. The Balaban J connectivity index is 1.41. The summed E-state index contributed by atoms with van der Waals surface area (Å²) in [5.41, 5.74) is 2.17. The number of rotatable bonds is 6. The third kappa shape index (κ3) is 6.40. The van der Waals surface area contributed by atoms with Gasteiger partial charge in [0.15, 0.2) is 0 Å². The van der Waals surface area contributed by atoms with Crippen molar-refractivity contribution < 1.29 is 9.53 Å². The highest BCUT2D eigenvalue weighted by atomic mass is 35.5. The van der Waals surface area contributed by atoms with Crippen LogP contribution in [0.15, 0.2) is 48.5 Å². The number of urea groups is 1. The van der Waals surface area contributed by atoms with E-state index in [0.29, 0.717) is 29.7 Å². The van der Waals surface area contributed by atoms with Crippen molar-refractivity contribution in [3.63, 3.8) is 0 Å². The second-order valence-corrected chi connectivity index (χ2v) is 7.34. The number of carbonyl (C=O) groups is 1. The fourth-order valence-electron chi connectivity index (χ4n) is 2.99. The molecule has 1 saturated heterocycles. The van der Waals surface area contributed by atoms with Crippen LogP contribution in [0.2, 0.25) is 10.0 Å². The van der Waals surface area contributed by atoms with Gasteiger partial charge in [-0.25, -0.2) is 4.79 Å². The SMILES string of the molecule is O=C(NCc1ccccc1)NCC1CN(Cc2ccc(Cl)c(Cl)c2)CCO1. The van der Waals surface area contributed by atoms with E-state index >= 15 is 0 Å². The maximum Gasteiger partial charge on any atom is 0.315 e. The molecule has 27 heavy (non-hydrogen) atoms. The highest BCUT2D eigenvalue weighted by Gasteiger charge is 2.21. The van der Waals surface area contributed by atoms with Crippen LogP contribution in [0.1, 0.15) is 11.1 Å². The van der Waals surface area contributed by atoms with Gasteiger partial charge in [0.1, 0.15) is 0 Å². The largest absolute Gasteiger partial charge is 0.374 e. The maximum atomic E-state index is 12.0. The summed E-state index contributed by atoms with van der Waals surface area (Å²) in [4.78, 5) is 14.3. The number of nitrogens with zero attached hydrogens (tertiary/aromatic N) is 1. The highest BCUT2D eigenvalue weighted by Crippen LogP contribution is 2.23. The molecule has 0 radical (unpaired) electrons. The van der Waals surface area contributed by atoms with Gasteiger partial charge < -0.3 is 15.4 Å². The topological polar surface area (TPSA) is 53.6 Å². The Morgan fingerprint density at radius 2 is 1.89 bits per heavy atom. The first-order valence-electron chi connectivity index (χ1n) is 8.93. The number of benzene rings is 2. The number of morpholine rings is 1. The van der Waals surface area contributed by atoms with Crippen molar-refractivity contribution in [1.29, 1.82) is 0 Å². The zero-order valence-electron chi connectivity index (χ0n) is 15.0. The molecule has 0 aliphatic carbocycles. The lowest BCUT2D eigenvalue weighted by Gasteiger charge is -2.33. The van der Waals surface area contributed by atoms with Crippen molar-refractivity contribution in [2.45, 2.75) is 19.2 Å². The summed E-state index contributed by atoms with van der Waals surface area (Å²) in [5.74, 6) is 0. The summed E-state index contributed by atoms with van der Waals surface area (Å²) in [7, 11) is 0. The number of ether oxygens (including phenoxy) is 1. The Bertz CT molecular complexity index is 758. The third-order valence-electron chi connectivity index (χ3n) is 4.40. The Hall–Kier alpha value is -1.79. The molecule has 2 amide bonds. The first kappa shape index (κ1) is 20.0. The van der Waals surface area contributed by atoms with Gasteiger partial charge in [-0.15, -0.1) is 0 Å². The summed E-state index contributed by atoms with van der Waals surface area (Å²) in [6.07, 6.45) is -0.0380. The van der Waals surface area contributed by atoms with Crippen LogP contribution >= 0.6 is 23.2 Å². The average Bonchev–Trinajstić information content (AvgIpc) is 2.69. The minimum absolute atomic E-state index is 0.0380. The van der Waals surface area contributed by atoms with Crippen molar-refractivity contribution in [3.05, 3.63) is 69.7 Å². The molecule has 7 heteroatoms. The molecule has 0 aromatic heterocycles. The van der Waals surface area contributed by atoms with Crippen LogP contribution < -0.4 is 10.6 Å². The predicted molar refractivity (Wildman–Crippen MR) is 108 cm³/mol. The summed E-state index contributed by atoms with van der Waals surface area (Å²) < 4.78 is 5.77. The molecule has 3 rings (SSSR count). The van der Waals surface area contributed by atoms with Crippen molar-refractivity contribution in [2.75, 3.05) is 26.2 Å². The average molecular weight is 408 g/mol. The molecule has 1 fully saturated rings. The van der Waals surface area contributed by atoms with E-state index in [0.717, 1.165) is 30.8 Å². The lowest BCUT2D eigenvalue weighted by atomic mass is 10.2. The molecule has 1 heterocycles. The first-order valence-corrected chi connectivity index (χ1v) is 9.69. The molecular weight excluding hydrogens is 385 g/mol. The van der Waals surface area contributed by atoms with Gasteiger partial charge in [-0.1, -0.05) is 59.6 Å². The van der Waals surface area contributed by atoms with Gasteiger partial charge >= 0.3 is 6.03 Å². The fraction of sp³-hybridized carbons (Fsp3) is 0.350. The van der Waals surface area contributed by atoms with Crippen molar-refractivity contribution >= 4 is 29.2 Å². The summed E-state index contributed by atoms with van der Waals surface area (Å²) >= 11 is 12.1. The van der Waals surface area contributed by atoms with Crippen molar-refractivity contribution in [3.8, 4) is 0 Å². The van der Waals surface area contributed by atoms with E-state index in [2.05, 4.69) is 15.5 Å². The number of nitrogens with one attached hydrogen (secondary N) is 2. The summed E-state index contributed by atoms with van der Waals surface area (Å²) in [6, 6.07) is 15.3. The molecule has 2 aromatic carbocycles. The van der Waals surface area contributed by atoms with Gasteiger partial charge in [0.25, 0.3) is 0 Å². The monoisotopic (exact) mass is 407 g/mol. The van der Waals surface area contributed by atoms with Gasteiger partial charge in [0, 0.05) is 32.7 Å². The van der Waals surface area contributed by atoms with Crippen LogP contribution in [0.5, 0.6) is 0 Å². The Morgan fingerprint density at radius 3 is 2.67 bits per heavy atom. The van der Waals surface area contributed by atoms with E-state index in [9.17, 15) is 4.79 Å². The molecule has 0 saturated carbocycles. The highest BCUT2D eigenvalue weighted by molar-refractivity contribution is 6.42. The molecule has 1 atom stereocenters. The zero-order valence-corrected chi connectivity index (χ0v) is 16.5. The molecule has 1 aliphatic rings. The Kier molecular flexibility index (Phi) is 7.35. The van der Waals surface area contributed by atoms with E-state index in [1.807, 2.05) is 48.5 Å². The van der Waals surface area contributed by atoms with E-state index in [-0.39, 0.29) is 12.1 Å². The number of carbonyl (C=O) groups excluding carboxylic acids is 1. The smallest absolute Gasteiger partial charge is 0.315 e. The summed E-state index contributed by atoms with van der Waals surface area (Å²) in [5, 5.41) is 6.86. The molecular formula is C20H23Cl2N3O2. The lowest BCUT2D eigenvalue weighted by molar-refractivity contribution is -0.0287. The quantitative estimate of drug-likeness (QED) is 0.767. The second-order valence-electron chi connectivity index (χ2n) is 6.53. The molecule has 2 aromatic rings. The van der Waals surface area contributed by atoms with Crippen LogP contribution in [0.4, 0.5) is 4.79 Å². The maximum absolute atomic E-state index is 12.0. The van der Waals surface area contributed by atoms with Gasteiger partial charge in [-0.05, 0) is 23.3 Å². The van der Waals surface area contributed by atoms with Gasteiger partial charge in [-0.3, -0.25) is 4.90 Å². The number of amides is 2. The zero-order chi connectivity index (χ0) is 19.1. The molecule has 1 aliphatic heterocycles. The van der Waals surface area contributed by atoms with Crippen LogP contribution in [-0.4, -0.2) is 43.3 Å². The minimum Gasteiger partial charge on any atom is -0.374 e. The molecule has 0 bridgehead atoms. The van der Waals surface area contributed by atoms with E-state index in [4.69, 9.17) is 27.9 Å². The lowest BCUT2D eigenvalue weighted by Crippen LogP contribution is -2.48. The number of hydrogen-bond donors (Lipinski definition) is 2. The van der Waals surface area contributed by atoms with E-state index < -0.39 is 0 Å². The summed E-state index contributed by atoms with van der Waals surface area (Å²) in [6.45, 7) is 3.98. The second kappa shape index (κ2) is 9.95. The standard InChI is InChI=1S/C20H23Cl2N3O2/c21-18-7-6-16(10-19(18)22)13-25-8-9-27-17(14-25)12-24-20(26)23-11-15-4-2-1-3-5-15/h1-7,10,17H,8-9,11-14H2,(H2,23,24,26). The predicted octanol–water partition coefficient (Wildman–Crippen LogP) is 3.69.